The maximum absolute atomic E-state index is 11.7. The van der Waals surface area contributed by atoms with E-state index < -0.39 is 16.1 Å². The lowest BCUT2D eigenvalue weighted by Crippen LogP contribution is -2.35. The minimum absolute atomic E-state index is 0. The summed E-state index contributed by atoms with van der Waals surface area (Å²) >= 11 is 0. The fraction of sp³-hybridized carbons (Fsp3) is 0.273. The number of rotatable bonds is 8. The van der Waals surface area contributed by atoms with Crippen molar-refractivity contribution < 1.29 is 18.3 Å². The summed E-state index contributed by atoms with van der Waals surface area (Å²) in [4.78, 5) is 0.0291. The van der Waals surface area contributed by atoms with Crippen molar-refractivity contribution in [2.45, 2.75) is 30.9 Å². The third-order valence-electron chi connectivity index (χ3n) is 4.80. The summed E-state index contributed by atoms with van der Waals surface area (Å²) < 4.78 is 29.3. The monoisotopic (exact) mass is 450 g/mol. The molecule has 162 valence electrons. The Morgan fingerprint density at radius 2 is 1.80 bits per heavy atom. The number of nitrogens with two attached hydrogens (primary N) is 1. The van der Waals surface area contributed by atoms with Crippen molar-refractivity contribution in [3.63, 3.8) is 0 Å². The summed E-state index contributed by atoms with van der Waals surface area (Å²) in [5.41, 5.74) is 1.04. The topological polar surface area (TPSA) is 102 Å². The first-order chi connectivity index (χ1) is 13.8. The number of aliphatic hydroxyl groups is 1. The van der Waals surface area contributed by atoms with E-state index in [9.17, 15) is 13.5 Å². The first-order valence-electron chi connectivity index (χ1n) is 9.41. The van der Waals surface area contributed by atoms with E-state index in [1.807, 2.05) is 49.4 Å². The first kappa shape index (κ1) is 24.1. The third-order valence-corrected chi connectivity index (χ3v) is 5.85. The zero-order valence-electron chi connectivity index (χ0n) is 16.9. The molecular weight excluding hydrogens is 424 g/mol. The van der Waals surface area contributed by atoms with Crippen molar-refractivity contribution in [3.05, 3.63) is 71.8 Å². The van der Waals surface area contributed by atoms with Gasteiger partial charge in [0.1, 0.15) is 12.4 Å². The standard InChI is InChI=1S/C22H26N2O4S.ClH/c1-15-10-11-18(12-22(15)29(23,26)27)20(25)13-24-16(2)14-28-21-9-5-7-17-6-3-4-8-19(17)21;/h3-12,16,20,24-25H,13-14H2,1-2H3,(H2,23,26,27);1H. The van der Waals surface area contributed by atoms with Crippen molar-refractivity contribution in [1.29, 1.82) is 0 Å². The van der Waals surface area contributed by atoms with E-state index >= 15 is 0 Å². The lowest BCUT2D eigenvalue weighted by atomic mass is 10.1. The van der Waals surface area contributed by atoms with E-state index in [-0.39, 0.29) is 29.9 Å². The van der Waals surface area contributed by atoms with E-state index in [1.54, 1.807) is 19.1 Å². The van der Waals surface area contributed by atoms with Crippen LogP contribution in [-0.2, 0) is 10.0 Å². The highest BCUT2D eigenvalue weighted by Gasteiger charge is 2.16. The zero-order chi connectivity index (χ0) is 21.0. The molecule has 0 saturated heterocycles. The number of halogens is 1. The molecule has 30 heavy (non-hydrogen) atoms. The summed E-state index contributed by atoms with van der Waals surface area (Å²) in [6, 6.07) is 18.7. The summed E-state index contributed by atoms with van der Waals surface area (Å²) in [6.07, 6.45) is -0.865. The molecule has 0 aromatic heterocycles. The quantitative estimate of drug-likeness (QED) is 0.488. The normalized spacial score (nSPS) is 13.5. The Labute approximate surface area is 183 Å². The largest absolute Gasteiger partial charge is 0.491 e. The van der Waals surface area contributed by atoms with Gasteiger partial charge < -0.3 is 15.2 Å². The Morgan fingerprint density at radius 1 is 1.10 bits per heavy atom. The first-order valence-corrected chi connectivity index (χ1v) is 11.0. The third kappa shape index (κ3) is 5.93. The highest BCUT2D eigenvalue weighted by atomic mass is 35.5. The molecule has 2 unspecified atom stereocenters. The minimum atomic E-state index is -3.83. The minimum Gasteiger partial charge on any atom is -0.491 e. The van der Waals surface area contributed by atoms with Gasteiger partial charge in [0.05, 0.1) is 11.0 Å². The number of benzene rings is 3. The second-order valence-electron chi connectivity index (χ2n) is 7.18. The number of hydrogen-bond acceptors (Lipinski definition) is 5. The van der Waals surface area contributed by atoms with Crippen LogP contribution in [-0.4, -0.2) is 32.7 Å². The number of ether oxygens (including phenoxy) is 1. The molecular formula is C22H27ClN2O4S. The Morgan fingerprint density at radius 3 is 2.53 bits per heavy atom. The maximum Gasteiger partial charge on any atom is 0.238 e. The second-order valence-corrected chi connectivity index (χ2v) is 8.71. The highest BCUT2D eigenvalue weighted by Crippen LogP contribution is 2.25. The fourth-order valence-corrected chi connectivity index (χ4v) is 3.97. The number of fused-ring (bicyclic) bond motifs is 1. The molecule has 0 aliphatic rings. The van der Waals surface area contributed by atoms with Gasteiger partial charge in [0.2, 0.25) is 10.0 Å². The Bertz CT molecular complexity index is 1100. The van der Waals surface area contributed by atoms with Crippen molar-refractivity contribution in [3.8, 4) is 5.75 Å². The van der Waals surface area contributed by atoms with Crippen LogP contribution in [0.3, 0.4) is 0 Å². The van der Waals surface area contributed by atoms with Gasteiger partial charge in [0, 0.05) is 18.0 Å². The van der Waals surface area contributed by atoms with E-state index in [0.29, 0.717) is 17.7 Å². The second kappa shape index (κ2) is 10.2. The molecule has 0 aliphatic carbocycles. The fourth-order valence-electron chi connectivity index (χ4n) is 3.16. The average Bonchev–Trinajstić information content (AvgIpc) is 2.69. The van der Waals surface area contributed by atoms with Crippen molar-refractivity contribution >= 4 is 33.2 Å². The van der Waals surface area contributed by atoms with Crippen LogP contribution in [0.1, 0.15) is 24.2 Å². The number of sulfonamides is 1. The van der Waals surface area contributed by atoms with Gasteiger partial charge in [-0.25, -0.2) is 13.6 Å². The van der Waals surface area contributed by atoms with Crippen LogP contribution in [0.4, 0.5) is 0 Å². The van der Waals surface area contributed by atoms with E-state index in [1.165, 1.54) is 6.07 Å². The van der Waals surface area contributed by atoms with Crippen LogP contribution >= 0.6 is 12.4 Å². The summed E-state index contributed by atoms with van der Waals surface area (Å²) in [5, 5.41) is 21.1. The van der Waals surface area contributed by atoms with Gasteiger partial charge in [-0.1, -0.05) is 48.5 Å². The predicted octanol–water partition coefficient (Wildman–Crippen LogP) is 3.31. The molecule has 3 aromatic carbocycles. The average molecular weight is 451 g/mol. The van der Waals surface area contributed by atoms with Crippen molar-refractivity contribution in [2.75, 3.05) is 13.2 Å². The van der Waals surface area contributed by atoms with Gasteiger partial charge in [-0.2, -0.15) is 0 Å². The Hall–Kier alpha value is -2.16. The van der Waals surface area contributed by atoms with Gasteiger partial charge in [-0.3, -0.25) is 0 Å². The van der Waals surface area contributed by atoms with Gasteiger partial charge in [-0.15, -0.1) is 12.4 Å². The molecule has 0 spiro atoms. The van der Waals surface area contributed by atoms with Crippen LogP contribution in [0.25, 0.3) is 10.8 Å². The van der Waals surface area contributed by atoms with Crippen LogP contribution in [0, 0.1) is 6.92 Å². The molecule has 3 rings (SSSR count). The number of aryl methyl sites for hydroxylation is 1. The molecule has 2 atom stereocenters. The van der Waals surface area contributed by atoms with Gasteiger partial charge in [0.25, 0.3) is 0 Å². The molecule has 4 N–H and O–H groups in total. The van der Waals surface area contributed by atoms with Crippen LogP contribution in [0.15, 0.2) is 65.6 Å². The van der Waals surface area contributed by atoms with Crippen molar-refractivity contribution in [1.82, 2.24) is 5.32 Å². The van der Waals surface area contributed by atoms with Gasteiger partial charge >= 0.3 is 0 Å². The molecule has 3 aromatic rings. The Balaban J connectivity index is 0.00000320. The maximum atomic E-state index is 11.7. The summed E-state index contributed by atoms with van der Waals surface area (Å²) in [6.45, 7) is 4.31. The Kier molecular flexibility index (Phi) is 8.23. The van der Waals surface area contributed by atoms with Gasteiger partial charge in [-0.05, 0) is 42.5 Å². The van der Waals surface area contributed by atoms with Crippen LogP contribution in [0.2, 0.25) is 0 Å². The van der Waals surface area contributed by atoms with E-state index in [2.05, 4.69) is 5.32 Å². The van der Waals surface area contributed by atoms with E-state index in [4.69, 9.17) is 9.88 Å². The van der Waals surface area contributed by atoms with E-state index in [0.717, 1.165) is 16.5 Å². The molecule has 0 bridgehead atoms. The molecule has 0 heterocycles. The number of hydrogen-bond donors (Lipinski definition) is 3. The van der Waals surface area contributed by atoms with Crippen molar-refractivity contribution in [2.24, 2.45) is 5.14 Å². The molecule has 0 fully saturated rings. The van der Waals surface area contributed by atoms with Crippen LogP contribution in [0.5, 0.6) is 5.75 Å². The SMILES string of the molecule is Cc1ccc(C(O)CNC(C)COc2cccc3ccccc23)cc1S(N)(=O)=O.Cl. The summed E-state index contributed by atoms with van der Waals surface area (Å²) in [5.74, 6) is 0.814. The smallest absolute Gasteiger partial charge is 0.238 e. The number of primary sulfonamides is 1. The molecule has 0 aliphatic heterocycles. The lowest BCUT2D eigenvalue weighted by Gasteiger charge is -2.19. The molecule has 0 saturated carbocycles. The molecule has 8 heteroatoms. The molecule has 6 nitrogen and oxygen atoms in total. The highest BCUT2D eigenvalue weighted by molar-refractivity contribution is 7.89. The molecule has 0 amide bonds. The van der Waals surface area contributed by atoms with Gasteiger partial charge in [0.15, 0.2) is 0 Å². The number of aliphatic hydroxyl groups excluding tert-OH is 1. The number of nitrogens with one attached hydrogen (secondary N) is 1. The lowest BCUT2D eigenvalue weighted by molar-refractivity contribution is 0.163. The zero-order valence-corrected chi connectivity index (χ0v) is 18.5. The van der Waals surface area contributed by atoms with Crippen LogP contribution < -0.4 is 15.2 Å². The summed E-state index contributed by atoms with van der Waals surface area (Å²) in [7, 11) is -3.83. The predicted molar refractivity (Wildman–Crippen MR) is 122 cm³/mol. The molecule has 0 radical (unpaired) electrons.